The maximum Gasteiger partial charge on any atom is 0.326 e. The monoisotopic (exact) mass is 234 g/mol. The van der Waals surface area contributed by atoms with Gasteiger partial charge in [0.15, 0.2) is 5.88 Å². The molecule has 0 fully saturated rings. The number of urea groups is 1. The van der Waals surface area contributed by atoms with Gasteiger partial charge >= 0.3 is 6.03 Å². The molecule has 0 unspecified atom stereocenters. The normalized spacial score (nSPS) is 11.1. The summed E-state index contributed by atoms with van der Waals surface area (Å²) in [4.78, 5) is 14.2. The van der Waals surface area contributed by atoms with Crippen LogP contribution in [0.4, 0.5) is 4.79 Å². The number of rotatable bonds is 3. The Kier molecular flexibility index (Phi) is 4.57. The first kappa shape index (κ1) is 13.1. The third-order valence-electron chi connectivity index (χ3n) is 2.38. The Morgan fingerprint density at radius 1 is 1.24 bits per heavy atom. The van der Waals surface area contributed by atoms with Crippen molar-refractivity contribution in [3.63, 3.8) is 0 Å². The molecule has 0 heterocycles. The molecule has 0 bridgehead atoms. The Balaban J connectivity index is 2.64. The molecule has 0 radical (unpaired) electrons. The van der Waals surface area contributed by atoms with Crippen LogP contribution in [0, 0.1) is 0 Å². The fourth-order valence-electron chi connectivity index (χ4n) is 1.36. The molecule has 4 nitrogen and oxygen atoms in total. The summed E-state index contributed by atoms with van der Waals surface area (Å²) in [5.74, 6) is -0.0347. The second-order valence-electron chi connectivity index (χ2n) is 3.99. The van der Waals surface area contributed by atoms with E-state index in [1.807, 2.05) is 30.3 Å². The predicted molar refractivity (Wildman–Crippen MR) is 67.7 cm³/mol. The maximum atomic E-state index is 11.5. The Bertz CT molecular complexity index is 399. The molecule has 1 N–H and O–H groups in total. The molecule has 0 saturated heterocycles. The van der Waals surface area contributed by atoms with Gasteiger partial charge in [0.25, 0.3) is 0 Å². The molecule has 2 amide bonds. The number of carbonyl (C=O) groups excluding carboxylic acids is 1. The minimum absolute atomic E-state index is 0.0347. The van der Waals surface area contributed by atoms with Crippen molar-refractivity contribution in [1.29, 1.82) is 0 Å². The van der Waals surface area contributed by atoms with E-state index in [0.717, 1.165) is 5.56 Å². The summed E-state index contributed by atoms with van der Waals surface area (Å²) in [6.45, 7) is 0. The van der Waals surface area contributed by atoms with Crippen molar-refractivity contribution in [2.75, 3.05) is 21.1 Å². The number of aliphatic hydroxyl groups excluding tert-OH is 1. The van der Waals surface area contributed by atoms with Crippen LogP contribution >= 0.6 is 0 Å². The van der Waals surface area contributed by atoms with Crippen LogP contribution < -0.4 is 0 Å². The molecule has 0 aliphatic heterocycles. The lowest BCUT2D eigenvalue weighted by Gasteiger charge is -2.20. The molecule has 17 heavy (non-hydrogen) atoms. The minimum atomic E-state index is -0.258. The van der Waals surface area contributed by atoms with Crippen molar-refractivity contribution in [2.24, 2.45) is 0 Å². The number of hydrogen-bond acceptors (Lipinski definition) is 2. The number of carbonyl (C=O) groups is 1. The zero-order chi connectivity index (χ0) is 12.8. The van der Waals surface area contributed by atoms with Gasteiger partial charge in [0.2, 0.25) is 0 Å². The second-order valence-corrected chi connectivity index (χ2v) is 3.99. The van der Waals surface area contributed by atoms with Crippen LogP contribution in [-0.2, 0) is 6.42 Å². The zero-order valence-electron chi connectivity index (χ0n) is 10.4. The van der Waals surface area contributed by atoms with Crippen LogP contribution in [0.5, 0.6) is 0 Å². The molecule has 1 aromatic carbocycles. The number of hydrogen-bond donors (Lipinski definition) is 1. The molecule has 0 aliphatic carbocycles. The summed E-state index contributed by atoms with van der Waals surface area (Å²) in [6.07, 6.45) is 2.22. The van der Waals surface area contributed by atoms with E-state index in [1.54, 1.807) is 27.2 Å². The van der Waals surface area contributed by atoms with Crippen LogP contribution in [0.3, 0.4) is 0 Å². The highest BCUT2D eigenvalue weighted by molar-refractivity contribution is 5.75. The Hall–Kier alpha value is -1.97. The molecule has 0 saturated carbocycles. The van der Waals surface area contributed by atoms with Gasteiger partial charge in [0.05, 0.1) is 0 Å². The van der Waals surface area contributed by atoms with Gasteiger partial charge in [-0.05, 0) is 18.1 Å². The quantitative estimate of drug-likeness (QED) is 0.815. The van der Waals surface area contributed by atoms with Crippen molar-refractivity contribution >= 4 is 6.03 Å². The third kappa shape index (κ3) is 3.83. The summed E-state index contributed by atoms with van der Waals surface area (Å²) >= 11 is 0. The topological polar surface area (TPSA) is 43.8 Å². The molecule has 0 atom stereocenters. The largest absolute Gasteiger partial charge is 0.495 e. The van der Waals surface area contributed by atoms with Crippen LogP contribution in [0.1, 0.15) is 5.56 Å². The molecule has 1 rings (SSSR count). The number of allylic oxidation sites excluding steroid dienone is 1. The lowest BCUT2D eigenvalue weighted by Crippen LogP contribution is -2.35. The fraction of sp³-hybridized carbons (Fsp3) is 0.308. The van der Waals surface area contributed by atoms with Crippen LogP contribution in [0.15, 0.2) is 42.3 Å². The molecule has 4 heteroatoms. The highest BCUT2D eigenvalue weighted by Gasteiger charge is 2.13. The van der Waals surface area contributed by atoms with Gasteiger partial charge in [-0.3, -0.25) is 4.90 Å². The molecule has 0 aromatic heterocycles. The number of aliphatic hydroxyl groups is 1. The molecule has 0 aliphatic rings. The van der Waals surface area contributed by atoms with Crippen LogP contribution in [-0.4, -0.2) is 42.1 Å². The molecule has 0 spiro atoms. The second kappa shape index (κ2) is 5.94. The lowest BCUT2D eigenvalue weighted by atomic mass is 10.1. The first-order chi connectivity index (χ1) is 8.02. The predicted octanol–water partition coefficient (Wildman–Crippen LogP) is 2.24. The van der Waals surface area contributed by atoms with Crippen LogP contribution in [0.2, 0.25) is 0 Å². The van der Waals surface area contributed by atoms with E-state index >= 15 is 0 Å². The van der Waals surface area contributed by atoms with Gasteiger partial charge in [0, 0.05) is 21.1 Å². The van der Waals surface area contributed by atoms with E-state index < -0.39 is 0 Å². The number of benzene rings is 1. The standard InChI is InChI=1S/C13H18N2O2/c1-14(2)13(17)15(3)12(16)10-9-11-7-5-4-6-8-11/h4-8,10,16H,9H2,1-3H3. The molecule has 1 aromatic rings. The molecular formula is C13H18N2O2. The van der Waals surface area contributed by atoms with E-state index in [2.05, 4.69) is 0 Å². The van der Waals surface area contributed by atoms with Crippen molar-refractivity contribution < 1.29 is 9.90 Å². The van der Waals surface area contributed by atoms with E-state index in [1.165, 1.54) is 9.80 Å². The third-order valence-corrected chi connectivity index (χ3v) is 2.38. The Morgan fingerprint density at radius 2 is 1.82 bits per heavy atom. The summed E-state index contributed by atoms with van der Waals surface area (Å²) in [6, 6.07) is 9.50. The summed E-state index contributed by atoms with van der Waals surface area (Å²) in [5.41, 5.74) is 1.09. The van der Waals surface area contributed by atoms with E-state index in [0.29, 0.717) is 6.42 Å². The van der Waals surface area contributed by atoms with Gasteiger partial charge in [-0.1, -0.05) is 30.3 Å². The van der Waals surface area contributed by atoms with E-state index in [-0.39, 0.29) is 11.9 Å². The average Bonchev–Trinajstić information content (AvgIpc) is 2.35. The van der Waals surface area contributed by atoms with Crippen molar-refractivity contribution in [3.05, 3.63) is 47.9 Å². The van der Waals surface area contributed by atoms with Crippen molar-refractivity contribution in [1.82, 2.24) is 9.80 Å². The number of amides is 2. The SMILES string of the molecule is CN(C)C(=O)N(C)C(O)=CCc1ccccc1. The first-order valence-electron chi connectivity index (χ1n) is 5.40. The highest BCUT2D eigenvalue weighted by atomic mass is 16.3. The van der Waals surface area contributed by atoms with E-state index in [4.69, 9.17) is 0 Å². The lowest BCUT2D eigenvalue weighted by molar-refractivity contribution is 0.168. The summed E-state index contributed by atoms with van der Waals surface area (Å²) in [7, 11) is 4.83. The highest BCUT2D eigenvalue weighted by Crippen LogP contribution is 2.05. The number of nitrogens with zero attached hydrogens (tertiary/aromatic N) is 2. The Labute approximate surface area is 102 Å². The van der Waals surface area contributed by atoms with Crippen molar-refractivity contribution in [3.8, 4) is 0 Å². The Morgan fingerprint density at radius 3 is 2.35 bits per heavy atom. The average molecular weight is 234 g/mol. The van der Waals surface area contributed by atoms with E-state index in [9.17, 15) is 9.90 Å². The van der Waals surface area contributed by atoms with Gasteiger partial charge in [0.1, 0.15) is 0 Å². The summed E-state index contributed by atoms with van der Waals surface area (Å²) < 4.78 is 0. The fourth-order valence-corrected chi connectivity index (χ4v) is 1.36. The zero-order valence-corrected chi connectivity index (χ0v) is 10.4. The summed E-state index contributed by atoms with van der Waals surface area (Å²) in [5, 5.41) is 9.74. The molecule has 92 valence electrons. The minimum Gasteiger partial charge on any atom is -0.495 e. The first-order valence-corrected chi connectivity index (χ1v) is 5.40. The van der Waals surface area contributed by atoms with Gasteiger partial charge in [-0.2, -0.15) is 0 Å². The van der Waals surface area contributed by atoms with Gasteiger partial charge in [-0.15, -0.1) is 0 Å². The van der Waals surface area contributed by atoms with Gasteiger partial charge < -0.3 is 10.0 Å². The van der Waals surface area contributed by atoms with Gasteiger partial charge in [-0.25, -0.2) is 4.79 Å². The van der Waals surface area contributed by atoms with Crippen LogP contribution in [0.25, 0.3) is 0 Å². The molecular weight excluding hydrogens is 216 g/mol. The van der Waals surface area contributed by atoms with Crippen molar-refractivity contribution in [2.45, 2.75) is 6.42 Å². The maximum absolute atomic E-state index is 11.5. The smallest absolute Gasteiger partial charge is 0.326 e.